The minimum Gasteiger partial charge on any atom is -0.496 e. The number of aromatic nitrogens is 3. The molecule has 0 radical (unpaired) electrons. The number of imidazole rings is 1. The monoisotopic (exact) mass is 552 g/mol. The molecule has 8 heteroatoms. The van der Waals surface area contributed by atoms with Crippen LogP contribution in [0.5, 0.6) is 5.75 Å². The Hall–Kier alpha value is -2.48. The van der Waals surface area contributed by atoms with Gasteiger partial charge >= 0.3 is 5.95 Å². The number of Topliss-reactive ketones (excluding diaryl/α,β-unsaturated/α-hetero) is 1. The average molecular weight is 553 g/mol. The first-order chi connectivity index (χ1) is 17.5. The van der Waals surface area contributed by atoms with Gasteiger partial charge in [-0.15, -0.1) is 0 Å². The van der Waals surface area contributed by atoms with Crippen LogP contribution in [0.1, 0.15) is 55.6 Å². The Bertz CT molecular complexity index is 1460. The number of H-pyrrole nitrogens is 1. The number of nitrogens with one attached hydrogen (secondary N) is 1. The van der Waals surface area contributed by atoms with E-state index in [1.165, 1.54) is 5.56 Å². The van der Waals surface area contributed by atoms with Gasteiger partial charge in [0.1, 0.15) is 17.0 Å². The quantitative estimate of drug-likeness (QED) is 0.151. The summed E-state index contributed by atoms with van der Waals surface area (Å²) < 4.78 is 7.74. The average Bonchev–Trinajstić information content (AvgIpc) is 3.34. The lowest BCUT2D eigenvalue weighted by molar-refractivity contribution is -0.610. The molecular weight excluding hydrogens is 522 g/mol. The Morgan fingerprint density at radius 3 is 2.32 bits per heavy atom. The highest BCUT2D eigenvalue weighted by Gasteiger charge is 2.50. The molecule has 2 aromatic heterocycles. The van der Waals surface area contributed by atoms with E-state index in [9.17, 15) is 4.79 Å². The maximum atomic E-state index is 13.1. The van der Waals surface area contributed by atoms with Gasteiger partial charge in [-0.25, -0.2) is 9.55 Å². The number of pyridine rings is 1. The van der Waals surface area contributed by atoms with E-state index in [2.05, 4.69) is 40.7 Å². The molecule has 0 spiro atoms. The summed E-state index contributed by atoms with van der Waals surface area (Å²) in [5, 5.41) is 0.754. The summed E-state index contributed by atoms with van der Waals surface area (Å²) in [4.78, 5) is 21.6. The van der Waals surface area contributed by atoms with E-state index in [1.807, 2.05) is 62.9 Å². The van der Waals surface area contributed by atoms with Crippen LogP contribution in [0.15, 0.2) is 48.7 Å². The summed E-state index contributed by atoms with van der Waals surface area (Å²) in [7, 11) is 5.31. The maximum absolute atomic E-state index is 13.1. The van der Waals surface area contributed by atoms with Crippen LogP contribution in [0.3, 0.4) is 0 Å². The van der Waals surface area contributed by atoms with Crippen molar-refractivity contribution in [2.24, 2.45) is 0 Å². The molecule has 37 heavy (non-hydrogen) atoms. The summed E-state index contributed by atoms with van der Waals surface area (Å²) in [6.45, 7) is 10.2. The molecule has 1 aliphatic carbocycles. The fraction of sp³-hybridized carbons (Fsp3) is 0.345. The molecule has 0 atom stereocenters. The molecule has 5 rings (SSSR count). The highest BCUT2D eigenvalue weighted by Crippen LogP contribution is 2.47. The van der Waals surface area contributed by atoms with Gasteiger partial charge in [-0.05, 0) is 75.6 Å². The number of benzene rings is 2. The Labute approximate surface area is 230 Å². The molecular formula is C29H31ClN3O2S2+. The smallest absolute Gasteiger partial charge is 0.402 e. The minimum absolute atomic E-state index is 0.249. The van der Waals surface area contributed by atoms with Gasteiger partial charge in [0.25, 0.3) is 0 Å². The lowest BCUT2D eigenvalue weighted by atomic mass is 9.80. The Morgan fingerprint density at radius 2 is 1.65 bits per heavy atom. The third-order valence-electron chi connectivity index (χ3n) is 7.42. The molecule has 5 nitrogen and oxygen atoms in total. The molecule has 0 bridgehead atoms. The maximum Gasteiger partial charge on any atom is 0.402 e. The minimum atomic E-state index is -0.529. The van der Waals surface area contributed by atoms with Crippen LogP contribution in [0, 0.1) is 6.92 Å². The molecule has 2 heterocycles. The number of aromatic amines is 1. The highest BCUT2D eigenvalue weighted by atomic mass is 35.5. The summed E-state index contributed by atoms with van der Waals surface area (Å²) in [5.41, 5.74) is 6.34. The van der Waals surface area contributed by atoms with E-state index in [0.717, 1.165) is 61.6 Å². The van der Waals surface area contributed by atoms with Gasteiger partial charge in [-0.3, -0.25) is 4.79 Å². The van der Waals surface area contributed by atoms with E-state index < -0.39 is 10.8 Å². The van der Waals surface area contributed by atoms with Gasteiger partial charge in [0.15, 0.2) is 11.3 Å². The summed E-state index contributed by atoms with van der Waals surface area (Å²) in [6, 6.07) is 14.2. The van der Waals surface area contributed by atoms with Crippen molar-refractivity contribution in [1.82, 2.24) is 9.97 Å². The van der Waals surface area contributed by atoms with Gasteiger partial charge < -0.3 is 4.74 Å². The Morgan fingerprint density at radius 1 is 1.00 bits per heavy atom. The number of carbonyl (C=O) groups excluding carboxylic acids is 1. The number of methoxy groups -OCH3 is 1. The Kier molecular flexibility index (Phi) is 6.84. The van der Waals surface area contributed by atoms with Crippen molar-refractivity contribution >= 4 is 50.0 Å². The summed E-state index contributed by atoms with van der Waals surface area (Å²) in [5.74, 6) is 3.53. The lowest BCUT2D eigenvalue weighted by Gasteiger charge is -2.21. The predicted octanol–water partition coefficient (Wildman–Crippen LogP) is 7.03. The molecule has 192 valence electrons. The van der Waals surface area contributed by atoms with Gasteiger partial charge in [-0.1, -0.05) is 50.3 Å². The zero-order valence-electron chi connectivity index (χ0n) is 21.9. The molecule has 1 N–H and O–H groups in total. The molecule has 0 saturated heterocycles. The van der Waals surface area contributed by atoms with Gasteiger partial charge in [0, 0.05) is 33.2 Å². The zero-order chi connectivity index (χ0) is 26.5. The van der Waals surface area contributed by atoms with Crippen LogP contribution in [-0.4, -0.2) is 22.9 Å². The van der Waals surface area contributed by atoms with Crippen LogP contribution in [0.4, 0.5) is 0 Å². The van der Waals surface area contributed by atoms with E-state index in [1.54, 1.807) is 17.9 Å². The Balaban J connectivity index is 1.47. The first kappa shape index (κ1) is 26.1. The first-order valence-electron chi connectivity index (χ1n) is 12.2. The molecule has 0 unspecified atom stereocenters. The number of ether oxygens (including phenoxy) is 1. The van der Waals surface area contributed by atoms with Gasteiger partial charge in [-0.2, -0.15) is 0 Å². The van der Waals surface area contributed by atoms with Crippen LogP contribution >= 0.6 is 33.2 Å². The van der Waals surface area contributed by atoms with Crippen LogP contribution in [-0.2, 0) is 27.1 Å². The van der Waals surface area contributed by atoms with Crippen molar-refractivity contribution < 1.29 is 14.1 Å². The number of fused-ring (bicyclic) bond motifs is 2. The normalized spacial score (nSPS) is 15.8. The van der Waals surface area contributed by atoms with E-state index in [4.69, 9.17) is 21.3 Å². The molecule has 4 aromatic rings. The second kappa shape index (κ2) is 9.68. The second-order valence-electron chi connectivity index (χ2n) is 10.5. The third kappa shape index (κ3) is 4.55. The first-order valence-corrected chi connectivity index (χ1v) is 15.1. The van der Waals surface area contributed by atoms with Gasteiger partial charge in [0.2, 0.25) is 0 Å². The number of nitrogens with zero attached hydrogens (tertiary/aromatic N) is 2. The van der Waals surface area contributed by atoms with Crippen molar-refractivity contribution in [1.29, 1.82) is 0 Å². The zero-order valence-corrected chi connectivity index (χ0v) is 24.3. The van der Waals surface area contributed by atoms with E-state index in [-0.39, 0.29) is 5.78 Å². The second-order valence-corrected chi connectivity index (χ2v) is 13.4. The van der Waals surface area contributed by atoms with Crippen molar-refractivity contribution in [3.63, 3.8) is 0 Å². The predicted molar refractivity (Wildman–Crippen MR) is 154 cm³/mol. The molecule has 0 saturated carbocycles. The third-order valence-corrected chi connectivity index (χ3v) is 9.89. The van der Waals surface area contributed by atoms with E-state index >= 15 is 0 Å². The molecule has 2 aromatic carbocycles. The molecule has 0 fully saturated rings. The number of rotatable bonds is 7. The van der Waals surface area contributed by atoms with Crippen molar-refractivity contribution in [2.75, 3.05) is 7.11 Å². The molecule has 1 aliphatic rings. The number of halogens is 1. The fourth-order valence-corrected chi connectivity index (χ4v) is 7.61. The topological polar surface area (TPSA) is 58.9 Å². The van der Waals surface area contributed by atoms with Crippen molar-refractivity contribution in [3.05, 3.63) is 81.6 Å². The number of ketones is 1. The largest absolute Gasteiger partial charge is 0.496 e. The summed E-state index contributed by atoms with van der Waals surface area (Å²) >= 11 is 6.02. The fourth-order valence-electron chi connectivity index (χ4n) is 5.28. The number of hydrogen-bond acceptors (Lipinski definition) is 5. The summed E-state index contributed by atoms with van der Waals surface area (Å²) in [6.07, 6.45) is 2.01. The van der Waals surface area contributed by atoms with Crippen molar-refractivity contribution in [3.8, 4) is 11.7 Å². The van der Waals surface area contributed by atoms with Gasteiger partial charge in [0.05, 0.1) is 19.1 Å². The SMILES string of the molecule is COc1cc[n+](-c2nc3cc4c(cc3[nH]2)C(C)(C)C(=O)C4(C)C)c(CSSCc2ccc(Cl)cc2)c1C. The van der Waals surface area contributed by atoms with Crippen LogP contribution in [0.25, 0.3) is 17.0 Å². The highest BCUT2D eigenvalue weighted by molar-refractivity contribution is 8.76. The van der Waals surface area contributed by atoms with Crippen molar-refractivity contribution in [2.45, 2.75) is 57.0 Å². The lowest BCUT2D eigenvalue weighted by Crippen LogP contribution is -2.37. The molecule has 0 aliphatic heterocycles. The standard InChI is InChI=1S/C29H31ClN3O2S2/c1-17-24(16-37-36-15-18-7-9-19(30)10-8-18)33(12-11-25(17)35-6)27-31-22-13-20-21(14-23(22)32-27)29(4,5)26(34)28(20,2)3/h7-14H,15-16H2,1-6H3,(H,31,32)/q+1. The van der Waals surface area contributed by atoms with Crippen LogP contribution in [0.2, 0.25) is 5.02 Å². The van der Waals surface area contributed by atoms with E-state index in [0.29, 0.717) is 0 Å². The number of carbonyl (C=O) groups is 1. The number of hydrogen-bond donors (Lipinski definition) is 1. The van der Waals surface area contributed by atoms with Crippen LogP contribution < -0.4 is 9.30 Å². The molecule has 0 amide bonds.